The number of hydrogen-bond acceptors (Lipinski definition) is 0. The molecule has 3 atom stereocenters. The van der Waals surface area contributed by atoms with Gasteiger partial charge >= 0.3 is 0 Å². The first-order chi connectivity index (χ1) is 3.86. The first-order valence-electron chi connectivity index (χ1n) is 3.18. The average molecular weight is 129 g/mol. The van der Waals surface area contributed by atoms with Gasteiger partial charge in [0, 0.05) is 5.38 Å². The van der Waals surface area contributed by atoms with E-state index in [9.17, 15) is 0 Å². The molecule has 0 nitrogen and oxygen atoms in total. The minimum atomic E-state index is 0.463. The van der Waals surface area contributed by atoms with Gasteiger partial charge in [-0.2, -0.15) is 0 Å². The van der Waals surface area contributed by atoms with Gasteiger partial charge in [-0.1, -0.05) is 12.2 Å². The van der Waals surface area contributed by atoms with Crippen LogP contribution in [0.2, 0.25) is 0 Å². The Kier molecular flexibility index (Phi) is 0.916. The lowest BCUT2D eigenvalue weighted by molar-refractivity contribution is 0.692. The van der Waals surface area contributed by atoms with Crippen molar-refractivity contribution < 1.29 is 0 Å². The van der Waals surface area contributed by atoms with Crippen LogP contribution in [0.15, 0.2) is 12.2 Å². The van der Waals surface area contributed by atoms with Crippen molar-refractivity contribution in [3.63, 3.8) is 0 Å². The molecule has 0 aliphatic heterocycles. The van der Waals surface area contributed by atoms with E-state index in [0.29, 0.717) is 5.38 Å². The zero-order chi connectivity index (χ0) is 5.56. The lowest BCUT2D eigenvalue weighted by Crippen LogP contribution is -2.03. The van der Waals surface area contributed by atoms with Gasteiger partial charge in [0.2, 0.25) is 0 Å². The lowest BCUT2D eigenvalue weighted by atomic mass is 10.1. The molecule has 2 aliphatic rings. The van der Waals surface area contributed by atoms with E-state index in [1.807, 2.05) is 0 Å². The summed E-state index contributed by atoms with van der Waals surface area (Å²) in [6, 6.07) is 0. The van der Waals surface area contributed by atoms with Crippen molar-refractivity contribution >= 4 is 11.6 Å². The molecule has 0 amide bonds. The van der Waals surface area contributed by atoms with Crippen LogP contribution in [0.5, 0.6) is 0 Å². The van der Waals surface area contributed by atoms with Gasteiger partial charge in [-0.05, 0) is 24.7 Å². The van der Waals surface area contributed by atoms with E-state index in [4.69, 9.17) is 11.6 Å². The van der Waals surface area contributed by atoms with Gasteiger partial charge in [0.15, 0.2) is 0 Å². The predicted octanol–water partition coefficient (Wildman–Crippen LogP) is 2.19. The molecule has 1 fully saturated rings. The highest BCUT2D eigenvalue weighted by Gasteiger charge is 2.33. The standard InChI is InChI=1S/C7H9Cl/c8-7-4-5-1-2-6(7)3-5/h1-2,5-7H,3-4H2/t5-,6+,7-/m1/s1. The molecule has 1 saturated carbocycles. The molecule has 0 radical (unpaired) electrons. The Bertz CT molecular complexity index is 128. The lowest BCUT2D eigenvalue weighted by Gasteiger charge is -2.07. The molecule has 0 aromatic carbocycles. The summed E-state index contributed by atoms with van der Waals surface area (Å²) in [6.45, 7) is 0. The predicted molar refractivity (Wildman–Crippen MR) is 35.0 cm³/mol. The third-order valence-electron chi connectivity index (χ3n) is 2.20. The number of rotatable bonds is 0. The van der Waals surface area contributed by atoms with Crippen LogP contribution >= 0.6 is 11.6 Å². The summed E-state index contributed by atoms with van der Waals surface area (Å²) in [7, 11) is 0. The van der Waals surface area contributed by atoms with Crippen LogP contribution in [0.3, 0.4) is 0 Å². The molecule has 0 unspecified atom stereocenters. The van der Waals surface area contributed by atoms with E-state index < -0.39 is 0 Å². The van der Waals surface area contributed by atoms with E-state index in [1.165, 1.54) is 12.8 Å². The Hall–Kier alpha value is 0.0300. The second-order valence-electron chi connectivity index (χ2n) is 2.80. The summed E-state index contributed by atoms with van der Waals surface area (Å²) in [6.07, 6.45) is 7.13. The SMILES string of the molecule is Cl[C@@H]1C[C@@H]2C=C[C@H]1C2. The van der Waals surface area contributed by atoms with Gasteiger partial charge in [-0.3, -0.25) is 0 Å². The van der Waals surface area contributed by atoms with E-state index in [2.05, 4.69) is 12.2 Å². The number of hydrogen-bond donors (Lipinski definition) is 0. The average Bonchev–Trinajstić information content (AvgIpc) is 2.23. The largest absolute Gasteiger partial charge is 0.122 e. The van der Waals surface area contributed by atoms with Crippen LogP contribution in [0.1, 0.15) is 12.8 Å². The Labute approximate surface area is 54.5 Å². The van der Waals surface area contributed by atoms with Crippen LogP contribution in [-0.4, -0.2) is 5.38 Å². The molecular weight excluding hydrogens is 120 g/mol. The molecule has 0 spiro atoms. The molecule has 0 N–H and O–H groups in total. The molecule has 2 bridgehead atoms. The van der Waals surface area contributed by atoms with E-state index in [1.54, 1.807) is 0 Å². The second kappa shape index (κ2) is 1.51. The molecule has 2 rings (SSSR count). The maximum Gasteiger partial charge on any atom is 0.0404 e. The van der Waals surface area contributed by atoms with Crippen molar-refractivity contribution in [3.05, 3.63) is 12.2 Å². The Morgan fingerprint density at radius 2 is 2.12 bits per heavy atom. The van der Waals surface area contributed by atoms with Crippen LogP contribution < -0.4 is 0 Å². The molecule has 44 valence electrons. The normalized spacial score (nSPS) is 50.9. The monoisotopic (exact) mass is 128 g/mol. The van der Waals surface area contributed by atoms with Crippen molar-refractivity contribution in [2.75, 3.05) is 0 Å². The van der Waals surface area contributed by atoms with Crippen molar-refractivity contribution in [2.24, 2.45) is 11.8 Å². The van der Waals surface area contributed by atoms with Crippen molar-refractivity contribution in [1.82, 2.24) is 0 Å². The Balaban J connectivity index is 2.23. The highest BCUT2D eigenvalue weighted by Crippen LogP contribution is 2.41. The van der Waals surface area contributed by atoms with E-state index in [-0.39, 0.29) is 0 Å². The number of fused-ring (bicyclic) bond motifs is 2. The quantitative estimate of drug-likeness (QED) is 0.347. The van der Waals surface area contributed by atoms with Crippen LogP contribution in [0, 0.1) is 11.8 Å². The maximum atomic E-state index is 5.96. The summed E-state index contributed by atoms with van der Waals surface area (Å²) >= 11 is 5.96. The minimum Gasteiger partial charge on any atom is -0.122 e. The summed E-state index contributed by atoms with van der Waals surface area (Å²) in [5.74, 6) is 1.56. The zero-order valence-electron chi connectivity index (χ0n) is 4.68. The highest BCUT2D eigenvalue weighted by atomic mass is 35.5. The smallest absolute Gasteiger partial charge is 0.0404 e. The third-order valence-corrected chi connectivity index (χ3v) is 2.70. The number of alkyl halides is 1. The summed E-state index contributed by atoms with van der Waals surface area (Å²) < 4.78 is 0. The maximum absolute atomic E-state index is 5.96. The van der Waals surface area contributed by atoms with E-state index >= 15 is 0 Å². The van der Waals surface area contributed by atoms with Gasteiger partial charge in [-0.15, -0.1) is 11.6 Å². The minimum absolute atomic E-state index is 0.463. The van der Waals surface area contributed by atoms with Gasteiger partial charge in [-0.25, -0.2) is 0 Å². The third kappa shape index (κ3) is 0.526. The summed E-state index contributed by atoms with van der Waals surface area (Å²) in [5.41, 5.74) is 0. The molecule has 0 heterocycles. The fourth-order valence-electron chi connectivity index (χ4n) is 1.71. The summed E-state index contributed by atoms with van der Waals surface area (Å²) in [5, 5.41) is 0.463. The molecule has 1 heteroatoms. The topological polar surface area (TPSA) is 0 Å². The Morgan fingerprint density at radius 1 is 1.25 bits per heavy atom. The fourth-order valence-corrected chi connectivity index (χ4v) is 2.13. The molecule has 0 aromatic heterocycles. The van der Waals surface area contributed by atoms with Gasteiger partial charge in [0.25, 0.3) is 0 Å². The number of allylic oxidation sites excluding steroid dienone is 2. The molecule has 8 heavy (non-hydrogen) atoms. The van der Waals surface area contributed by atoms with Gasteiger partial charge in [0.1, 0.15) is 0 Å². The van der Waals surface area contributed by atoms with Crippen molar-refractivity contribution in [1.29, 1.82) is 0 Å². The first kappa shape index (κ1) is 4.87. The molecule has 0 saturated heterocycles. The fraction of sp³-hybridized carbons (Fsp3) is 0.714. The van der Waals surface area contributed by atoms with E-state index in [0.717, 1.165) is 11.8 Å². The summed E-state index contributed by atoms with van der Waals surface area (Å²) in [4.78, 5) is 0. The first-order valence-corrected chi connectivity index (χ1v) is 3.62. The van der Waals surface area contributed by atoms with Crippen LogP contribution in [0.25, 0.3) is 0 Å². The molecule has 2 aliphatic carbocycles. The zero-order valence-corrected chi connectivity index (χ0v) is 5.43. The Morgan fingerprint density at radius 3 is 2.38 bits per heavy atom. The van der Waals surface area contributed by atoms with Gasteiger partial charge in [0.05, 0.1) is 0 Å². The van der Waals surface area contributed by atoms with Crippen molar-refractivity contribution in [3.8, 4) is 0 Å². The highest BCUT2D eigenvalue weighted by molar-refractivity contribution is 6.21. The van der Waals surface area contributed by atoms with Crippen LogP contribution in [0.4, 0.5) is 0 Å². The number of halogens is 1. The van der Waals surface area contributed by atoms with Gasteiger partial charge < -0.3 is 0 Å². The molecule has 0 aromatic rings. The van der Waals surface area contributed by atoms with Crippen LogP contribution in [-0.2, 0) is 0 Å². The van der Waals surface area contributed by atoms with Crippen molar-refractivity contribution in [2.45, 2.75) is 18.2 Å². The second-order valence-corrected chi connectivity index (χ2v) is 3.36. The molecular formula is C7H9Cl.